The molecule has 2 aromatic heterocycles. The average Bonchev–Trinajstić information content (AvgIpc) is 3.08. The highest BCUT2D eigenvalue weighted by Crippen LogP contribution is 2.25. The summed E-state index contributed by atoms with van der Waals surface area (Å²) in [7, 11) is 1.40. The van der Waals surface area contributed by atoms with Gasteiger partial charge in [-0.1, -0.05) is 0 Å². The number of hydrogen-bond acceptors (Lipinski definition) is 5. The van der Waals surface area contributed by atoms with E-state index >= 15 is 0 Å². The van der Waals surface area contributed by atoms with Gasteiger partial charge in [0.25, 0.3) is 0 Å². The molecule has 3 rings (SSSR count). The van der Waals surface area contributed by atoms with E-state index in [1.54, 1.807) is 29.5 Å². The number of anilines is 1. The third-order valence-corrected chi connectivity index (χ3v) is 4.06. The van der Waals surface area contributed by atoms with Gasteiger partial charge in [-0.2, -0.15) is 11.3 Å². The lowest BCUT2D eigenvalue weighted by Gasteiger charge is -2.07. The van der Waals surface area contributed by atoms with Crippen LogP contribution in [0.25, 0.3) is 11.3 Å². The maximum Gasteiger partial charge on any atom is 0.229 e. The number of carbonyl (C=O) groups excluding carboxylic acids is 1. The second-order valence-electron chi connectivity index (χ2n) is 4.99. The van der Waals surface area contributed by atoms with Crippen molar-refractivity contribution in [1.29, 1.82) is 0 Å². The van der Waals surface area contributed by atoms with Gasteiger partial charge in [0.2, 0.25) is 5.91 Å². The van der Waals surface area contributed by atoms with Gasteiger partial charge >= 0.3 is 0 Å². The van der Waals surface area contributed by atoms with Gasteiger partial charge in [0.05, 0.1) is 19.2 Å². The molecule has 3 aromatic rings. The predicted molar refractivity (Wildman–Crippen MR) is 90.6 cm³/mol. The Bertz CT molecular complexity index is 853. The number of carbonyl (C=O) groups is 1. The molecule has 0 radical (unpaired) electrons. The van der Waals surface area contributed by atoms with Crippen LogP contribution in [0.4, 0.5) is 10.2 Å². The van der Waals surface area contributed by atoms with Gasteiger partial charge < -0.3 is 10.1 Å². The van der Waals surface area contributed by atoms with Crippen LogP contribution < -0.4 is 10.1 Å². The minimum absolute atomic E-state index is 0.133. The van der Waals surface area contributed by atoms with E-state index < -0.39 is 5.82 Å². The van der Waals surface area contributed by atoms with E-state index in [0.29, 0.717) is 17.1 Å². The molecular weight excluding hydrogens is 329 g/mol. The molecule has 7 heteroatoms. The maximum absolute atomic E-state index is 13.5. The number of aromatic nitrogens is 2. The molecule has 0 bridgehead atoms. The zero-order valence-corrected chi connectivity index (χ0v) is 13.6. The van der Waals surface area contributed by atoms with Crippen molar-refractivity contribution in [3.8, 4) is 17.0 Å². The molecule has 5 nitrogen and oxygen atoms in total. The monoisotopic (exact) mass is 343 g/mol. The molecule has 0 unspecified atom stereocenters. The molecule has 122 valence electrons. The minimum Gasteiger partial charge on any atom is -0.494 e. The van der Waals surface area contributed by atoms with Gasteiger partial charge in [-0.15, -0.1) is 0 Å². The van der Waals surface area contributed by atoms with E-state index in [1.165, 1.54) is 19.5 Å². The van der Waals surface area contributed by atoms with Crippen molar-refractivity contribution in [2.24, 2.45) is 0 Å². The number of amides is 1. The number of methoxy groups -OCH3 is 1. The summed E-state index contributed by atoms with van der Waals surface area (Å²) >= 11 is 1.54. The molecule has 0 saturated heterocycles. The molecule has 0 fully saturated rings. The summed E-state index contributed by atoms with van der Waals surface area (Å²) in [5.41, 5.74) is 2.19. The van der Waals surface area contributed by atoms with Crippen LogP contribution in [0.5, 0.6) is 5.75 Å². The van der Waals surface area contributed by atoms with E-state index in [-0.39, 0.29) is 18.1 Å². The normalized spacial score (nSPS) is 10.4. The minimum atomic E-state index is -0.445. The van der Waals surface area contributed by atoms with Crippen LogP contribution in [0.15, 0.2) is 47.4 Å². The van der Waals surface area contributed by atoms with Crippen molar-refractivity contribution in [2.75, 3.05) is 12.4 Å². The maximum atomic E-state index is 13.5. The van der Waals surface area contributed by atoms with E-state index in [9.17, 15) is 9.18 Å². The summed E-state index contributed by atoms with van der Waals surface area (Å²) in [5.74, 6) is -0.0768. The third-order valence-electron chi connectivity index (χ3n) is 3.33. The van der Waals surface area contributed by atoms with E-state index in [4.69, 9.17) is 4.74 Å². The first-order valence-corrected chi connectivity index (χ1v) is 8.07. The predicted octanol–water partition coefficient (Wildman–Crippen LogP) is 3.53. The largest absolute Gasteiger partial charge is 0.494 e. The van der Waals surface area contributed by atoms with E-state index in [0.717, 1.165) is 5.56 Å². The molecule has 0 aliphatic heterocycles. The number of hydrogen-bond donors (Lipinski definition) is 1. The molecule has 2 heterocycles. The molecular formula is C17H14FN3O2S. The summed E-state index contributed by atoms with van der Waals surface area (Å²) < 4.78 is 18.5. The van der Waals surface area contributed by atoms with Crippen LogP contribution in [0.2, 0.25) is 0 Å². The highest BCUT2D eigenvalue weighted by molar-refractivity contribution is 7.08. The average molecular weight is 343 g/mol. The van der Waals surface area contributed by atoms with Gasteiger partial charge in [0.1, 0.15) is 12.1 Å². The van der Waals surface area contributed by atoms with Crippen molar-refractivity contribution in [3.05, 3.63) is 58.8 Å². The number of ether oxygens (including phenoxy) is 1. The number of halogens is 1. The van der Waals surface area contributed by atoms with Crippen molar-refractivity contribution < 1.29 is 13.9 Å². The van der Waals surface area contributed by atoms with Crippen molar-refractivity contribution >= 4 is 23.1 Å². The van der Waals surface area contributed by atoms with Gasteiger partial charge in [0.15, 0.2) is 11.6 Å². The van der Waals surface area contributed by atoms with Crippen LogP contribution in [-0.2, 0) is 11.2 Å². The number of thiophene rings is 1. The van der Waals surface area contributed by atoms with Crippen LogP contribution in [0.3, 0.4) is 0 Å². The zero-order valence-electron chi connectivity index (χ0n) is 12.8. The Morgan fingerprint density at radius 3 is 2.92 bits per heavy atom. The second kappa shape index (κ2) is 7.18. The summed E-state index contributed by atoms with van der Waals surface area (Å²) in [6, 6.07) is 8.00. The Kier molecular flexibility index (Phi) is 4.81. The topological polar surface area (TPSA) is 64.1 Å². The molecule has 1 aromatic carbocycles. The third kappa shape index (κ3) is 3.75. The van der Waals surface area contributed by atoms with Crippen molar-refractivity contribution in [3.63, 3.8) is 0 Å². The van der Waals surface area contributed by atoms with Crippen LogP contribution in [0.1, 0.15) is 5.56 Å². The first kappa shape index (κ1) is 16.1. The summed E-state index contributed by atoms with van der Waals surface area (Å²) in [6.07, 6.45) is 1.64. The summed E-state index contributed by atoms with van der Waals surface area (Å²) in [4.78, 5) is 20.2. The highest BCUT2D eigenvalue weighted by atomic mass is 32.1. The molecule has 1 amide bonds. The Balaban J connectivity index is 1.77. The second-order valence-corrected chi connectivity index (χ2v) is 5.77. The smallest absolute Gasteiger partial charge is 0.229 e. The molecule has 0 atom stereocenters. The first-order valence-electron chi connectivity index (χ1n) is 7.12. The van der Waals surface area contributed by atoms with Crippen LogP contribution in [-0.4, -0.2) is 23.0 Å². The van der Waals surface area contributed by atoms with E-state index in [2.05, 4.69) is 15.3 Å². The fraction of sp³-hybridized carbons (Fsp3) is 0.118. The summed E-state index contributed by atoms with van der Waals surface area (Å²) in [5, 5.41) is 6.59. The van der Waals surface area contributed by atoms with Crippen molar-refractivity contribution in [2.45, 2.75) is 6.42 Å². The zero-order chi connectivity index (χ0) is 16.9. The lowest BCUT2D eigenvalue weighted by atomic mass is 10.1. The van der Waals surface area contributed by atoms with Crippen molar-refractivity contribution in [1.82, 2.24) is 9.97 Å². The SMILES string of the molecule is COc1cc(-c2cc(NC(=O)Cc3ccsc3)ncn2)ccc1F. The standard InChI is InChI=1S/C17H14FN3O2S/c1-23-15-7-12(2-3-13(15)18)14-8-16(20-10-19-14)21-17(22)6-11-4-5-24-9-11/h2-5,7-10H,6H2,1H3,(H,19,20,21,22). The molecule has 0 saturated carbocycles. The number of rotatable bonds is 5. The van der Waals surface area contributed by atoms with E-state index in [1.807, 2.05) is 16.8 Å². The molecule has 1 N–H and O–H groups in total. The lowest BCUT2D eigenvalue weighted by molar-refractivity contribution is -0.115. The number of nitrogens with zero attached hydrogens (tertiary/aromatic N) is 2. The number of nitrogens with one attached hydrogen (secondary N) is 1. The fourth-order valence-corrected chi connectivity index (χ4v) is 2.84. The highest BCUT2D eigenvalue weighted by Gasteiger charge is 2.09. The van der Waals surface area contributed by atoms with Gasteiger partial charge in [-0.25, -0.2) is 14.4 Å². The quantitative estimate of drug-likeness (QED) is 0.770. The van der Waals surface area contributed by atoms with Gasteiger partial charge in [0, 0.05) is 11.6 Å². The van der Waals surface area contributed by atoms with Gasteiger partial charge in [-0.05, 0) is 40.6 Å². The van der Waals surface area contributed by atoms with Gasteiger partial charge in [-0.3, -0.25) is 4.79 Å². The molecule has 0 aliphatic carbocycles. The lowest BCUT2D eigenvalue weighted by Crippen LogP contribution is -2.15. The molecule has 24 heavy (non-hydrogen) atoms. The Labute approximate surface area is 142 Å². The Hall–Kier alpha value is -2.80. The molecule has 0 spiro atoms. The summed E-state index contributed by atoms with van der Waals surface area (Å²) in [6.45, 7) is 0. The first-order chi connectivity index (χ1) is 11.7. The fourth-order valence-electron chi connectivity index (χ4n) is 2.17. The van der Waals surface area contributed by atoms with Crippen LogP contribution in [0, 0.1) is 5.82 Å². The Morgan fingerprint density at radius 1 is 1.29 bits per heavy atom. The number of benzene rings is 1. The Morgan fingerprint density at radius 2 is 2.17 bits per heavy atom. The van der Waals surface area contributed by atoms with Crippen LogP contribution >= 0.6 is 11.3 Å². The molecule has 0 aliphatic rings.